The summed E-state index contributed by atoms with van der Waals surface area (Å²) >= 11 is 0. The average molecular weight is 763 g/mol. The van der Waals surface area contributed by atoms with Crippen LogP contribution in [0.15, 0.2) is 57.8 Å². The van der Waals surface area contributed by atoms with Crippen LogP contribution in [0.3, 0.4) is 0 Å². The third-order valence-electron chi connectivity index (χ3n) is 12.6. The Bertz CT molecular complexity index is 2190. The molecule has 0 amide bonds. The monoisotopic (exact) mass is 762 g/mol. The topological polar surface area (TPSA) is 128 Å². The van der Waals surface area contributed by atoms with Crippen molar-refractivity contribution < 1.29 is 24.2 Å². The van der Waals surface area contributed by atoms with Crippen molar-refractivity contribution in [3.63, 3.8) is 0 Å². The summed E-state index contributed by atoms with van der Waals surface area (Å²) in [6.45, 7) is 21.7. The number of hydrogen-bond donors (Lipinski definition) is 5. The van der Waals surface area contributed by atoms with Crippen molar-refractivity contribution in [3.8, 4) is 0 Å². The molecule has 4 aliphatic rings. The molecule has 0 saturated carbocycles. The lowest BCUT2D eigenvalue weighted by molar-refractivity contribution is -0.144. The molecular weight excluding hydrogens is 701 g/mol. The van der Waals surface area contributed by atoms with Crippen LogP contribution in [0.4, 0.5) is 0 Å². The number of fused-ring (bicyclic) bond motifs is 8. The molecular formula is C47H62N4O5. The second-order valence-corrected chi connectivity index (χ2v) is 16.3. The zero-order chi connectivity index (χ0) is 40.4. The van der Waals surface area contributed by atoms with E-state index in [4.69, 9.17) is 9.47 Å². The number of carbonyl (C=O) groups excluding carboxylic acids is 2. The Morgan fingerprint density at radius 3 is 2.46 bits per heavy atom. The van der Waals surface area contributed by atoms with Crippen LogP contribution in [0.2, 0.25) is 0 Å². The molecule has 2 unspecified atom stereocenters. The number of nitrogens with one attached hydrogen (secondary N) is 4. The van der Waals surface area contributed by atoms with Gasteiger partial charge in [-0.2, -0.15) is 0 Å². The van der Waals surface area contributed by atoms with Gasteiger partial charge in [0.25, 0.3) is 0 Å². The number of aromatic nitrogens is 2. The summed E-state index contributed by atoms with van der Waals surface area (Å²) in [5, 5.41) is 21.4. The molecule has 5 heterocycles. The number of aliphatic hydroxyl groups excluding tert-OH is 1. The first-order valence-corrected chi connectivity index (χ1v) is 20.6. The van der Waals surface area contributed by atoms with Gasteiger partial charge in [-0.15, -0.1) is 0 Å². The predicted molar refractivity (Wildman–Crippen MR) is 225 cm³/mol. The third-order valence-corrected chi connectivity index (χ3v) is 12.6. The van der Waals surface area contributed by atoms with Crippen LogP contribution in [0.1, 0.15) is 120 Å². The summed E-state index contributed by atoms with van der Waals surface area (Å²) in [6, 6.07) is -0.160. The molecule has 5 atom stereocenters. The van der Waals surface area contributed by atoms with Gasteiger partial charge in [-0.25, -0.2) is 0 Å². The Kier molecular flexibility index (Phi) is 12.4. The van der Waals surface area contributed by atoms with Crippen molar-refractivity contribution in [2.24, 2.45) is 23.7 Å². The Morgan fingerprint density at radius 2 is 1.77 bits per heavy atom. The third kappa shape index (κ3) is 7.74. The maximum atomic E-state index is 13.6. The lowest BCUT2D eigenvalue weighted by atomic mass is 9.90. The molecule has 1 aliphatic carbocycles. The first-order chi connectivity index (χ1) is 26.8. The molecule has 5 N–H and O–H groups in total. The highest BCUT2D eigenvalue weighted by Crippen LogP contribution is 2.50. The van der Waals surface area contributed by atoms with E-state index >= 15 is 0 Å². The van der Waals surface area contributed by atoms with Crippen LogP contribution in [0.5, 0.6) is 0 Å². The van der Waals surface area contributed by atoms with Gasteiger partial charge >= 0.3 is 11.9 Å². The molecule has 9 heteroatoms. The van der Waals surface area contributed by atoms with Gasteiger partial charge in [-0.05, 0) is 98.9 Å². The van der Waals surface area contributed by atoms with Crippen molar-refractivity contribution in [2.45, 2.75) is 113 Å². The molecule has 1 saturated heterocycles. The van der Waals surface area contributed by atoms with E-state index < -0.39 is 11.9 Å². The second kappa shape index (κ2) is 17.1. The zero-order valence-corrected chi connectivity index (χ0v) is 34.9. The molecule has 0 aromatic carbocycles. The number of allylic oxidation sites excluding steroid dienone is 4. The van der Waals surface area contributed by atoms with Crippen LogP contribution >= 0.6 is 0 Å². The molecule has 9 nitrogen and oxygen atoms in total. The highest BCUT2D eigenvalue weighted by atomic mass is 16.5. The maximum absolute atomic E-state index is 13.6. The van der Waals surface area contributed by atoms with Crippen molar-refractivity contribution in [3.05, 3.63) is 102 Å². The minimum atomic E-state index is -1.01. The fourth-order valence-electron chi connectivity index (χ4n) is 9.21. The normalized spacial score (nSPS) is 24.2. The smallest absolute Gasteiger partial charge is 0.321 e. The van der Waals surface area contributed by atoms with Crippen LogP contribution in [0, 0.1) is 37.5 Å². The molecule has 0 spiro atoms. The lowest BCUT2D eigenvalue weighted by Gasteiger charge is -2.20. The number of rotatable bonds is 14. The molecule has 300 valence electrons. The summed E-state index contributed by atoms with van der Waals surface area (Å²) in [5.41, 5.74) is 12.4. The first kappa shape index (κ1) is 40.7. The number of H-pyrrole nitrogens is 2. The number of aliphatic hydroxyl groups is 1. The number of hydrogen-bond acceptors (Lipinski definition) is 7. The Balaban J connectivity index is 1.40. The quantitative estimate of drug-likeness (QED) is 0.0976. The van der Waals surface area contributed by atoms with Crippen LogP contribution in [-0.4, -0.2) is 46.8 Å². The Morgan fingerprint density at radius 1 is 1.00 bits per heavy atom. The minimum Gasteiger partial charge on any atom is -0.511 e. The van der Waals surface area contributed by atoms with Gasteiger partial charge in [0, 0.05) is 74.1 Å². The first-order valence-electron chi connectivity index (χ1n) is 20.6. The zero-order valence-electron chi connectivity index (χ0n) is 34.9. The van der Waals surface area contributed by atoms with Crippen molar-refractivity contribution in [2.75, 3.05) is 13.7 Å². The van der Waals surface area contributed by atoms with Gasteiger partial charge in [-0.1, -0.05) is 72.1 Å². The van der Waals surface area contributed by atoms with Gasteiger partial charge in [0.05, 0.1) is 13.2 Å². The molecule has 56 heavy (non-hydrogen) atoms. The summed E-state index contributed by atoms with van der Waals surface area (Å²) < 4.78 is 11.1. The lowest BCUT2D eigenvalue weighted by Crippen LogP contribution is -2.30. The number of aromatic amines is 2. The number of ether oxygens (including phenoxy) is 2. The molecule has 8 bridgehead atoms. The van der Waals surface area contributed by atoms with Crippen molar-refractivity contribution >= 4 is 36.2 Å². The summed E-state index contributed by atoms with van der Waals surface area (Å²) in [5.74, 6) is -1.36. The van der Waals surface area contributed by atoms with E-state index in [1.807, 2.05) is 12.2 Å². The highest BCUT2D eigenvalue weighted by molar-refractivity contribution is 5.85. The van der Waals surface area contributed by atoms with E-state index in [9.17, 15) is 14.7 Å². The SMILES string of the molecule is C=Cc1c2[nH]c(c1C)/C=C1\NC(=C(CCC(=O)OC/C=C(\C)CCC[C@H](C)CCC)[C@@H]1C)C1=C3NC(/C=c4\[nH]/c(c(C)c4CC)=C\2)C(C)C3=C(O)[C@@H]1C(=O)OC. The fourth-order valence-corrected chi connectivity index (χ4v) is 9.21. The van der Waals surface area contributed by atoms with Crippen molar-refractivity contribution in [1.29, 1.82) is 0 Å². The molecule has 1 fully saturated rings. The molecule has 0 radical (unpaired) electrons. The van der Waals surface area contributed by atoms with E-state index in [1.54, 1.807) is 0 Å². The number of methoxy groups -OCH3 is 1. The van der Waals surface area contributed by atoms with Gasteiger partial charge < -0.3 is 35.2 Å². The van der Waals surface area contributed by atoms with Crippen LogP contribution in [0.25, 0.3) is 24.3 Å². The molecule has 3 aliphatic heterocycles. The molecule has 2 aromatic rings. The van der Waals surface area contributed by atoms with E-state index in [0.717, 1.165) is 81.1 Å². The molecule has 6 rings (SSSR count). The van der Waals surface area contributed by atoms with E-state index in [0.29, 0.717) is 17.6 Å². The van der Waals surface area contributed by atoms with Crippen molar-refractivity contribution in [1.82, 2.24) is 20.6 Å². The van der Waals surface area contributed by atoms with Gasteiger partial charge in [0.2, 0.25) is 0 Å². The highest BCUT2D eigenvalue weighted by Gasteiger charge is 2.49. The number of esters is 2. The Hall–Kier alpha value is -4.92. The number of carbonyl (C=O) groups is 2. The molecule has 2 aromatic heterocycles. The summed E-state index contributed by atoms with van der Waals surface area (Å²) in [7, 11) is 1.35. The predicted octanol–water partition coefficient (Wildman–Crippen LogP) is 7.98. The maximum Gasteiger partial charge on any atom is 0.321 e. The average Bonchev–Trinajstić information content (AvgIpc) is 3.91. The second-order valence-electron chi connectivity index (χ2n) is 16.3. The van der Waals surface area contributed by atoms with Gasteiger partial charge in [-0.3, -0.25) is 9.59 Å². The largest absolute Gasteiger partial charge is 0.511 e. The fraction of sp³-hybridized carbons (Fsp3) is 0.489. The summed E-state index contributed by atoms with van der Waals surface area (Å²) in [4.78, 5) is 34.2. The van der Waals surface area contributed by atoms with Crippen LogP contribution < -0.4 is 21.3 Å². The Labute approximate surface area is 332 Å². The standard InChI is InChI=1S/C47H62N4O5/c1-11-15-25(4)16-14-17-26(5)20-21-56-40(52)19-18-33-29(8)36-22-34-27(6)31(12-2)38(48-34)23-35-28(7)32(13-3)39(49-35)24-37-30(9)41-45(51-37)42(44(33)50-36)43(46(41)53)47(54)55-10/h12,20,22-25,29-30,37,43,48-51,53H,2,11,13-19,21H2,1,3-10H3/b26-20+,35-23-,36-22-,39-24-/t25-,29+,30?,37?,43-/m1/s1. The van der Waals surface area contributed by atoms with E-state index in [1.165, 1.54) is 43.1 Å². The van der Waals surface area contributed by atoms with Crippen LogP contribution in [-0.2, 0) is 25.5 Å². The van der Waals surface area contributed by atoms with E-state index in [-0.39, 0.29) is 42.6 Å². The summed E-state index contributed by atoms with van der Waals surface area (Å²) in [6.07, 6.45) is 17.7. The minimum absolute atomic E-state index is 0.00636. The van der Waals surface area contributed by atoms with E-state index in [2.05, 4.69) is 101 Å². The van der Waals surface area contributed by atoms with Gasteiger partial charge in [0.1, 0.15) is 18.3 Å². The van der Waals surface area contributed by atoms with Gasteiger partial charge in [0.15, 0.2) is 0 Å².